The Morgan fingerprint density at radius 1 is 0.509 bits per heavy atom. The Bertz CT molecular complexity index is 2970. The van der Waals surface area contributed by atoms with E-state index in [1.165, 1.54) is 36.4 Å². The number of phenols is 2. The summed E-state index contributed by atoms with van der Waals surface area (Å²) in [7, 11) is -14.8. The first-order valence-electron chi connectivity index (χ1n) is 14.7. The van der Waals surface area contributed by atoms with Crippen molar-refractivity contribution < 1.29 is 66.2 Å². The molecule has 6 rings (SSSR count). The van der Waals surface area contributed by atoms with Gasteiger partial charge in [-0.25, -0.2) is 0 Å². The summed E-state index contributed by atoms with van der Waals surface area (Å²) >= 11 is 5.92. The summed E-state index contributed by atoms with van der Waals surface area (Å²) in [6, 6.07) is 19.7. The molecule has 0 aliphatic heterocycles. The van der Waals surface area contributed by atoms with Crippen molar-refractivity contribution in [3.63, 3.8) is 0 Å². The first kappa shape index (κ1) is 40.8. The number of nitrogens with two attached hydrogens (primary N) is 1. The van der Waals surface area contributed by atoms with Gasteiger partial charge in [-0.2, -0.15) is 35.5 Å². The second kappa shape index (κ2) is 15.4. The number of fused-ring (bicyclic) bond motifs is 2. The van der Waals surface area contributed by atoms with Gasteiger partial charge in [0.25, 0.3) is 30.4 Å². The zero-order chi connectivity index (χ0) is 39.2. The summed E-state index contributed by atoms with van der Waals surface area (Å²) in [5.41, 5.74) is 5.65. The van der Waals surface area contributed by atoms with E-state index in [2.05, 4.69) is 30.7 Å². The van der Waals surface area contributed by atoms with Crippen LogP contribution in [0.1, 0.15) is 0 Å². The molecule has 0 aliphatic rings. The van der Waals surface area contributed by atoms with Gasteiger partial charge in [-0.1, -0.05) is 23.7 Å². The van der Waals surface area contributed by atoms with Crippen LogP contribution in [0.2, 0.25) is 5.02 Å². The van der Waals surface area contributed by atoms with Crippen LogP contribution in [0.3, 0.4) is 0 Å². The molecule has 0 unspecified atom stereocenters. The number of hydrogen-bond acceptors (Lipinski definition) is 15. The van der Waals surface area contributed by atoms with E-state index in [1.807, 2.05) is 0 Å². The first-order valence-corrected chi connectivity index (χ1v) is 19.4. The Morgan fingerprint density at radius 2 is 1.02 bits per heavy atom. The molecule has 0 atom stereocenters. The quantitative estimate of drug-likeness (QED) is 0.0344. The van der Waals surface area contributed by atoms with Crippen LogP contribution in [-0.2, 0) is 47.4 Å². The van der Waals surface area contributed by atoms with Gasteiger partial charge in [0.05, 0.1) is 38.7 Å². The maximum Gasteiger partial charge on any atom is 0.296 e. The third-order valence-electron chi connectivity index (χ3n) is 7.61. The van der Waals surface area contributed by atoms with Crippen molar-refractivity contribution in [1.82, 2.24) is 0 Å². The predicted octanol–water partition coefficient (Wildman–Crippen LogP) is 8.62. The van der Waals surface area contributed by atoms with E-state index in [0.29, 0.717) is 27.8 Å². The molecule has 0 bridgehead atoms. The van der Waals surface area contributed by atoms with Crippen molar-refractivity contribution in [2.75, 3.05) is 5.73 Å². The monoisotopic (exact) mass is 867 g/mol. The van der Waals surface area contributed by atoms with Gasteiger partial charge >= 0.3 is 0 Å². The fourth-order valence-corrected chi connectivity index (χ4v) is 7.16. The molecule has 284 valence electrons. The van der Waals surface area contributed by atoms with Crippen molar-refractivity contribution in [3.8, 4) is 11.5 Å². The fraction of sp³-hybridized carbons (Fsp3) is 0. The summed E-state index contributed by atoms with van der Waals surface area (Å²) in [4.78, 5) is -2.48. The van der Waals surface area contributed by atoms with Crippen LogP contribution < -0.4 is 5.73 Å². The summed E-state index contributed by atoms with van der Waals surface area (Å²) in [6.45, 7) is 0. The van der Waals surface area contributed by atoms with Gasteiger partial charge in [-0.05, 0) is 72.8 Å². The molecule has 0 amide bonds. The third kappa shape index (κ3) is 8.78. The van der Waals surface area contributed by atoms with Crippen LogP contribution in [-0.4, -0.2) is 49.1 Å². The largest absolute Gasteiger partial charge is 0.506 e. The number of phenolic OH excluding ortho intramolecular Hbond substituents is 2. The minimum atomic E-state index is -5.12. The topological polar surface area (TPSA) is 304 Å². The number of azo groups is 3. The number of aromatic hydroxyl groups is 2. The van der Waals surface area contributed by atoms with E-state index in [9.17, 15) is 49.1 Å². The molecule has 23 heteroatoms. The van der Waals surface area contributed by atoms with E-state index in [0.717, 1.165) is 18.2 Å². The molecule has 6 aromatic carbocycles. The number of benzene rings is 6. The van der Waals surface area contributed by atoms with E-state index in [4.69, 9.17) is 17.3 Å². The Hall–Kier alpha value is -5.42. The van der Waals surface area contributed by atoms with E-state index < -0.39 is 73.0 Å². The van der Waals surface area contributed by atoms with E-state index >= 15 is 0 Å². The van der Waals surface area contributed by atoms with Crippen molar-refractivity contribution >= 4 is 103 Å². The number of halogens is 1. The maximum atomic E-state index is 12.0. The molecule has 6 aromatic rings. The van der Waals surface area contributed by atoms with Crippen LogP contribution in [0.4, 0.5) is 39.8 Å². The van der Waals surface area contributed by atoms with Gasteiger partial charge in [0.15, 0.2) is 5.75 Å². The summed E-state index contributed by atoms with van der Waals surface area (Å²) in [5, 5.41) is 46.1. The molecular formula is C32H22ClFeN7O11S3. The summed E-state index contributed by atoms with van der Waals surface area (Å²) in [5.74, 6) is -1.34. The molecule has 0 fully saturated rings. The Morgan fingerprint density at radius 3 is 1.62 bits per heavy atom. The second-order valence-corrected chi connectivity index (χ2v) is 15.8. The van der Waals surface area contributed by atoms with Crippen LogP contribution in [0.15, 0.2) is 136 Å². The third-order valence-corrected chi connectivity index (χ3v) is 10.5. The normalized spacial score (nSPS) is 12.7. The SMILES string of the molecule is Nc1c(S(=O)(=O)O)cc(S(=O)(=O)O)c2ccc(N=Nc3ccc(N=Nc4ccc(N=Nc5ccc(Cl)cc5)c5ccc(S(=O)(=O)O)cc45)cc3O)c(O)c12.[Fe]. The van der Waals surface area contributed by atoms with E-state index in [1.54, 1.807) is 30.3 Å². The molecule has 7 N–H and O–H groups in total. The van der Waals surface area contributed by atoms with Gasteiger partial charge in [-0.3, -0.25) is 13.7 Å². The van der Waals surface area contributed by atoms with Gasteiger partial charge in [0.1, 0.15) is 26.9 Å². The second-order valence-electron chi connectivity index (χ2n) is 11.1. The molecular weight excluding hydrogens is 846 g/mol. The van der Waals surface area contributed by atoms with Crippen molar-refractivity contribution in [3.05, 3.63) is 96.0 Å². The number of nitrogens with zero attached hydrogens (tertiary/aromatic N) is 6. The van der Waals surface area contributed by atoms with Crippen LogP contribution >= 0.6 is 11.6 Å². The molecule has 18 nitrogen and oxygen atoms in total. The van der Waals surface area contributed by atoms with Crippen LogP contribution in [0.5, 0.6) is 11.5 Å². The molecule has 0 heterocycles. The van der Waals surface area contributed by atoms with Gasteiger partial charge in [0, 0.05) is 44.3 Å². The minimum Gasteiger partial charge on any atom is -0.506 e. The average molecular weight is 868 g/mol. The molecule has 0 saturated carbocycles. The summed E-state index contributed by atoms with van der Waals surface area (Å²) < 4.78 is 100. The smallest absolute Gasteiger partial charge is 0.296 e. The van der Waals surface area contributed by atoms with E-state index in [-0.39, 0.29) is 45.2 Å². The number of rotatable bonds is 9. The standard InChI is InChI=1S/C32H22ClN7O11S3.Fe/c33-16-1-3-17(4-2-16)35-37-23-11-12-24(22-14-19(52(43,44)45)6-7-20(22)23)38-36-18-5-9-25(27(41)13-18)39-40-26-10-8-21-28(53(46,47)48)15-29(54(49,50)51)31(34)30(21)32(26)42;/h1-15,41-42H,34H2,(H,43,44,45)(H,46,47,48)(H,49,50,51);. The minimum absolute atomic E-state index is 0. The summed E-state index contributed by atoms with van der Waals surface area (Å²) in [6.07, 6.45) is 0. The molecule has 0 radical (unpaired) electrons. The zero-order valence-electron chi connectivity index (χ0n) is 27.1. The van der Waals surface area contributed by atoms with Crippen LogP contribution in [0, 0.1) is 0 Å². The number of hydrogen-bond donors (Lipinski definition) is 6. The van der Waals surface area contributed by atoms with Crippen LogP contribution in [0.25, 0.3) is 21.5 Å². The fourth-order valence-electron chi connectivity index (χ4n) is 5.09. The first-order chi connectivity index (χ1) is 25.3. The molecule has 0 saturated heterocycles. The molecule has 0 spiro atoms. The Kier molecular flexibility index (Phi) is 11.4. The Labute approximate surface area is 326 Å². The van der Waals surface area contributed by atoms with Crippen molar-refractivity contribution in [2.45, 2.75) is 14.7 Å². The van der Waals surface area contributed by atoms with Crippen molar-refractivity contribution in [2.24, 2.45) is 30.7 Å². The predicted molar refractivity (Wildman–Crippen MR) is 196 cm³/mol. The average Bonchev–Trinajstić information content (AvgIpc) is 3.09. The Balaban J connectivity index is 0.00000580. The van der Waals surface area contributed by atoms with Gasteiger partial charge in [0.2, 0.25) is 0 Å². The molecule has 55 heavy (non-hydrogen) atoms. The van der Waals surface area contributed by atoms with Gasteiger partial charge < -0.3 is 15.9 Å². The van der Waals surface area contributed by atoms with Gasteiger partial charge in [-0.15, -0.1) is 20.5 Å². The maximum absolute atomic E-state index is 12.0. The number of nitrogen functional groups attached to an aromatic ring is 1. The molecule has 0 aliphatic carbocycles. The van der Waals surface area contributed by atoms with Crippen molar-refractivity contribution in [1.29, 1.82) is 0 Å². The molecule has 0 aromatic heterocycles. The number of anilines is 1. The zero-order valence-corrected chi connectivity index (χ0v) is 31.4.